The molecule has 0 unspecified atom stereocenters. The molecule has 0 aromatic heterocycles. The molecule has 0 aromatic carbocycles. The van der Waals surface area contributed by atoms with E-state index in [0.29, 0.717) is 39.6 Å². The standard InChI is InChI=1S/C19H45NO6Si2/c1-8-21-27(22-9-2,23-10-3)18-14-16-20(7)17-15-19-28(24-11-4,25-12-5)26-13-6/h8-19H2,1-7H3. The largest absolute Gasteiger partial charge is 0.500 e. The van der Waals surface area contributed by atoms with E-state index in [1.165, 1.54) is 0 Å². The first-order chi connectivity index (χ1) is 13.5. The van der Waals surface area contributed by atoms with Crippen molar-refractivity contribution in [1.29, 1.82) is 0 Å². The summed E-state index contributed by atoms with van der Waals surface area (Å²) < 4.78 is 35.6. The van der Waals surface area contributed by atoms with Crippen LogP contribution >= 0.6 is 0 Å². The minimum Gasteiger partial charge on any atom is -0.374 e. The summed E-state index contributed by atoms with van der Waals surface area (Å²) in [5, 5.41) is 0. The third kappa shape index (κ3) is 11.4. The van der Waals surface area contributed by atoms with E-state index >= 15 is 0 Å². The van der Waals surface area contributed by atoms with Crippen molar-refractivity contribution in [2.24, 2.45) is 0 Å². The fraction of sp³-hybridized carbons (Fsp3) is 1.00. The first-order valence-electron chi connectivity index (χ1n) is 11.0. The first-order valence-corrected chi connectivity index (χ1v) is 14.8. The second kappa shape index (κ2) is 16.9. The number of hydrogen-bond donors (Lipinski definition) is 0. The highest BCUT2D eigenvalue weighted by molar-refractivity contribution is 6.61. The van der Waals surface area contributed by atoms with Gasteiger partial charge in [-0.3, -0.25) is 0 Å². The summed E-state index contributed by atoms with van der Waals surface area (Å²) in [6, 6.07) is 1.70. The van der Waals surface area contributed by atoms with Gasteiger partial charge in [-0.1, -0.05) is 0 Å². The molecule has 0 spiro atoms. The molecule has 0 saturated heterocycles. The smallest absolute Gasteiger partial charge is 0.374 e. The maximum absolute atomic E-state index is 5.93. The SMILES string of the molecule is CCO[Si](CCCN(C)CCC[Si](OCC)(OCC)OCC)(OCC)OCC. The lowest BCUT2D eigenvalue weighted by Crippen LogP contribution is -2.47. The Labute approximate surface area is 175 Å². The number of nitrogens with zero attached hydrogens (tertiary/aromatic N) is 1. The Morgan fingerprint density at radius 1 is 0.500 bits per heavy atom. The van der Waals surface area contributed by atoms with Gasteiger partial charge in [-0.25, -0.2) is 0 Å². The van der Waals surface area contributed by atoms with Crippen molar-refractivity contribution >= 4 is 17.6 Å². The first kappa shape index (κ1) is 28.2. The third-order valence-electron chi connectivity index (χ3n) is 4.23. The zero-order valence-electron chi connectivity index (χ0n) is 19.4. The molecule has 0 aliphatic heterocycles. The molecule has 0 aromatic rings. The van der Waals surface area contributed by atoms with Crippen LogP contribution in [-0.4, -0.2) is 82.3 Å². The Bertz CT molecular complexity index is 299. The minimum absolute atomic E-state index is 0.626. The van der Waals surface area contributed by atoms with Gasteiger partial charge in [0.2, 0.25) is 0 Å². The summed E-state index contributed by atoms with van der Waals surface area (Å²) in [5.41, 5.74) is 0. The lowest BCUT2D eigenvalue weighted by molar-refractivity contribution is 0.0698. The van der Waals surface area contributed by atoms with Crippen LogP contribution < -0.4 is 0 Å². The summed E-state index contributed by atoms with van der Waals surface area (Å²) in [6.07, 6.45) is 1.99. The predicted molar refractivity (Wildman–Crippen MR) is 118 cm³/mol. The van der Waals surface area contributed by atoms with Crippen LogP contribution in [0.4, 0.5) is 0 Å². The minimum atomic E-state index is -2.54. The van der Waals surface area contributed by atoms with Crippen LogP contribution in [0.1, 0.15) is 54.4 Å². The van der Waals surface area contributed by atoms with Crippen LogP contribution in [0.15, 0.2) is 0 Å². The molecule has 0 rings (SSSR count). The summed E-state index contributed by atoms with van der Waals surface area (Å²) >= 11 is 0. The lowest BCUT2D eigenvalue weighted by atomic mass is 10.4. The van der Waals surface area contributed by atoms with Crippen molar-refractivity contribution in [2.75, 3.05) is 59.8 Å². The van der Waals surface area contributed by atoms with E-state index in [2.05, 4.69) is 11.9 Å². The molecule has 0 radical (unpaired) electrons. The maximum Gasteiger partial charge on any atom is 0.500 e. The van der Waals surface area contributed by atoms with E-state index in [1.54, 1.807) is 0 Å². The average molecular weight is 440 g/mol. The monoisotopic (exact) mass is 439 g/mol. The van der Waals surface area contributed by atoms with E-state index in [0.717, 1.165) is 38.0 Å². The van der Waals surface area contributed by atoms with E-state index in [1.807, 2.05) is 41.5 Å². The van der Waals surface area contributed by atoms with Crippen molar-refractivity contribution in [3.63, 3.8) is 0 Å². The van der Waals surface area contributed by atoms with Crippen molar-refractivity contribution < 1.29 is 26.6 Å². The van der Waals surface area contributed by atoms with Gasteiger partial charge in [-0.05, 0) is 74.5 Å². The van der Waals surface area contributed by atoms with E-state index in [4.69, 9.17) is 26.6 Å². The summed E-state index contributed by atoms with van der Waals surface area (Å²) in [5.74, 6) is 0. The Kier molecular flexibility index (Phi) is 17.0. The molecule has 7 nitrogen and oxygen atoms in total. The summed E-state index contributed by atoms with van der Waals surface area (Å²) in [7, 11) is -2.92. The van der Waals surface area contributed by atoms with Gasteiger partial charge in [0.15, 0.2) is 0 Å². The van der Waals surface area contributed by atoms with Crippen LogP contribution in [-0.2, 0) is 26.6 Å². The molecule has 0 aliphatic carbocycles. The van der Waals surface area contributed by atoms with Gasteiger partial charge < -0.3 is 31.5 Å². The summed E-state index contributed by atoms with van der Waals surface area (Å²) in [4.78, 5) is 2.34. The van der Waals surface area contributed by atoms with E-state index in [-0.39, 0.29) is 0 Å². The molecule has 28 heavy (non-hydrogen) atoms. The van der Waals surface area contributed by atoms with Crippen LogP contribution in [0.25, 0.3) is 0 Å². The highest BCUT2D eigenvalue weighted by Crippen LogP contribution is 2.20. The topological polar surface area (TPSA) is 58.6 Å². The highest BCUT2D eigenvalue weighted by atomic mass is 28.4. The molecule has 0 heterocycles. The highest BCUT2D eigenvalue weighted by Gasteiger charge is 2.40. The van der Waals surface area contributed by atoms with Gasteiger partial charge >= 0.3 is 17.6 Å². The predicted octanol–water partition coefficient (Wildman–Crippen LogP) is 3.80. The van der Waals surface area contributed by atoms with E-state index < -0.39 is 17.6 Å². The van der Waals surface area contributed by atoms with Crippen LogP contribution in [0.3, 0.4) is 0 Å². The molecule has 0 bridgehead atoms. The quantitative estimate of drug-likeness (QED) is 0.267. The van der Waals surface area contributed by atoms with Crippen molar-refractivity contribution in [3.05, 3.63) is 0 Å². The fourth-order valence-electron chi connectivity index (χ4n) is 3.25. The maximum atomic E-state index is 5.93. The van der Waals surface area contributed by atoms with Crippen LogP contribution in [0.5, 0.6) is 0 Å². The molecule has 0 saturated carbocycles. The van der Waals surface area contributed by atoms with Crippen molar-refractivity contribution in [1.82, 2.24) is 4.90 Å². The van der Waals surface area contributed by atoms with Crippen molar-refractivity contribution in [2.45, 2.75) is 66.5 Å². The molecule has 0 fully saturated rings. The molecule has 0 amide bonds. The molecular weight excluding hydrogens is 394 g/mol. The lowest BCUT2D eigenvalue weighted by Gasteiger charge is -2.30. The van der Waals surface area contributed by atoms with Gasteiger partial charge in [-0.2, -0.15) is 0 Å². The van der Waals surface area contributed by atoms with Gasteiger partial charge in [0.25, 0.3) is 0 Å². The molecule has 0 aliphatic rings. The molecule has 0 N–H and O–H groups in total. The Hall–Kier alpha value is 0.154. The number of rotatable bonds is 20. The zero-order valence-corrected chi connectivity index (χ0v) is 21.4. The second-order valence-electron chi connectivity index (χ2n) is 6.47. The Balaban J connectivity index is 4.46. The normalized spacial score (nSPS) is 12.9. The average Bonchev–Trinajstić information content (AvgIpc) is 2.63. The zero-order chi connectivity index (χ0) is 21.3. The van der Waals surface area contributed by atoms with Crippen LogP contribution in [0, 0.1) is 0 Å². The second-order valence-corrected chi connectivity index (χ2v) is 11.9. The summed E-state index contributed by atoms with van der Waals surface area (Å²) in [6.45, 7) is 17.7. The molecular formula is C19H45NO6Si2. The van der Waals surface area contributed by atoms with Gasteiger partial charge in [0.1, 0.15) is 0 Å². The van der Waals surface area contributed by atoms with Crippen molar-refractivity contribution in [3.8, 4) is 0 Å². The molecule has 9 heteroatoms. The van der Waals surface area contributed by atoms with Gasteiger partial charge in [0.05, 0.1) is 0 Å². The Morgan fingerprint density at radius 3 is 0.964 bits per heavy atom. The van der Waals surface area contributed by atoms with Gasteiger partial charge in [0, 0.05) is 51.7 Å². The molecule has 0 atom stereocenters. The van der Waals surface area contributed by atoms with Crippen LogP contribution in [0.2, 0.25) is 12.1 Å². The number of hydrogen-bond acceptors (Lipinski definition) is 7. The van der Waals surface area contributed by atoms with E-state index in [9.17, 15) is 0 Å². The molecule has 170 valence electrons. The van der Waals surface area contributed by atoms with Gasteiger partial charge in [-0.15, -0.1) is 0 Å². The Morgan fingerprint density at radius 2 is 0.750 bits per heavy atom. The fourth-order valence-corrected chi connectivity index (χ4v) is 8.43. The third-order valence-corrected chi connectivity index (χ3v) is 10.5.